The number of sulfonamides is 1. The van der Waals surface area contributed by atoms with Gasteiger partial charge in [-0.2, -0.15) is 4.31 Å². The highest BCUT2D eigenvalue weighted by molar-refractivity contribution is 7.91. The van der Waals surface area contributed by atoms with Crippen LogP contribution in [0.4, 0.5) is 4.39 Å². The largest absolute Gasteiger partial charge is 0.465 e. The highest BCUT2D eigenvalue weighted by atomic mass is 32.2. The van der Waals surface area contributed by atoms with E-state index in [4.69, 9.17) is 4.74 Å². The Morgan fingerprint density at radius 1 is 1.26 bits per heavy atom. The van der Waals surface area contributed by atoms with Gasteiger partial charge in [0.2, 0.25) is 5.91 Å². The molecule has 0 radical (unpaired) electrons. The Bertz CT molecular complexity index is 1090. The van der Waals surface area contributed by atoms with Crippen LogP contribution in [0.2, 0.25) is 0 Å². The Balaban J connectivity index is 1.93. The molecule has 0 unspecified atom stereocenters. The Morgan fingerprint density at radius 2 is 1.97 bits per heavy atom. The second-order valence-electron chi connectivity index (χ2n) is 7.12. The molecule has 0 spiro atoms. The maximum absolute atomic E-state index is 13.4. The van der Waals surface area contributed by atoms with Gasteiger partial charge in [0, 0.05) is 24.5 Å². The number of hydrogen-bond acceptors (Lipinski definition) is 6. The second kappa shape index (κ2) is 9.46. The molecular formula is C21H25FN2O5S2. The van der Waals surface area contributed by atoms with Gasteiger partial charge < -0.3 is 9.64 Å². The molecule has 31 heavy (non-hydrogen) atoms. The molecule has 168 valence electrons. The number of fused-ring (bicyclic) bond motifs is 1. The van der Waals surface area contributed by atoms with E-state index < -0.39 is 21.8 Å². The average molecular weight is 469 g/mol. The first kappa shape index (κ1) is 23.4. The Hall–Kier alpha value is -2.30. The molecule has 3 rings (SSSR count). The topological polar surface area (TPSA) is 84.0 Å². The number of nitrogens with zero attached hydrogens (tertiary/aromatic N) is 2. The highest BCUT2D eigenvalue weighted by Crippen LogP contribution is 2.38. The molecule has 0 bridgehead atoms. The molecule has 0 saturated carbocycles. The number of thiophene rings is 1. The van der Waals surface area contributed by atoms with Crippen molar-refractivity contribution in [1.82, 2.24) is 9.21 Å². The number of rotatable bonds is 7. The molecule has 0 atom stereocenters. The third kappa shape index (κ3) is 4.65. The summed E-state index contributed by atoms with van der Waals surface area (Å²) in [7, 11) is -2.65. The Kier molecular flexibility index (Phi) is 7.13. The quantitative estimate of drug-likeness (QED) is 0.584. The number of hydrogen-bond donors (Lipinski definition) is 0. The van der Waals surface area contributed by atoms with Crippen LogP contribution in [0.5, 0.6) is 0 Å². The zero-order valence-corrected chi connectivity index (χ0v) is 19.3. The van der Waals surface area contributed by atoms with E-state index in [0.717, 1.165) is 11.3 Å². The van der Waals surface area contributed by atoms with Crippen LogP contribution in [0, 0.1) is 5.82 Å². The standard InChI is InChI=1S/C21H25FN2O5S2/c1-4-24(5-2)31(27,28)21-19(20(26)29-3)16-9-10-23(13-17(16)30-21)18(25)12-14-7-6-8-15(22)11-14/h6-8,11H,4-5,9-10,12-13H2,1-3H3. The number of esters is 1. The molecule has 1 amide bonds. The Morgan fingerprint density at radius 3 is 2.58 bits per heavy atom. The van der Waals surface area contributed by atoms with Crippen molar-refractivity contribution in [3.63, 3.8) is 0 Å². The van der Waals surface area contributed by atoms with Crippen molar-refractivity contribution in [3.8, 4) is 0 Å². The van der Waals surface area contributed by atoms with E-state index >= 15 is 0 Å². The number of ether oxygens (including phenoxy) is 1. The molecule has 0 fully saturated rings. The van der Waals surface area contributed by atoms with Crippen LogP contribution in [-0.2, 0) is 38.9 Å². The van der Waals surface area contributed by atoms with Gasteiger partial charge in [-0.1, -0.05) is 26.0 Å². The molecule has 0 N–H and O–H groups in total. The van der Waals surface area contributed by atoms with Crippen LogP contribution in [0.3, 0.4) is 0 Å². The smallest absolute Gasteiger partial charge is 0.340 e. The number of halogens is 1. The molecule has 7 nitrogen and oxygen atoms in total. The number of amides is 1. The maximum Gasteiger partial charge on any atom is 0.340 e. The summed E-state index contributed by atoms with van der Waals surface area (Å²) in [5.41, 5.74) is 1.27. The molecular weight excluding hydrogens is 443 g/mol. The summed E-state index contributed by atoms with van der Waals surface area (Å²) in [6.45, 7) is 4.57. The minimum atomic E-state index is -3.87. The fourth-order valence-electron chi connectivity index (χ4n) is 3.70. The molecule has 2 aromatic rings. The van der Waals surface area contributed by atoms with Crippen molar-refractivity contribution in [3.05, 3.63) is 51.7 Å². The van der Waals surface area contributed by atoms with Gasteiger partial charge in [-0.3, -0.25) is 4.79 Å². The van der Waals surface area contributed by atoms with E-state index in [2.05, 4.69) is 0 Å². The van der Waals surface area contributed by atoms with Crippen LogP contribution in [0.1, 0.15) is 40.2 Å². The van der Waals surface area contributed by atoms with E-state index in [1.165, 1.54) is 23.5 Å². The van der Waals surface area contributed by atoms with Gasteiger partial charge >= 0.3 is 5.97 Å². The molecule has 10 heteroatoms. The number of carbonyl (C=O) groups is 2. The predicted molar refractivity (Wildman–Crippen MR) is 115 cm³/mol. The lowest BCUT2D eigenvalue weighted by molar-refractivity contribution is -0.131. The normalized spacial score (nSPS) is 13.9. The predicted octanol–water partition coefficient (Wildman–Crippen LogP) is 2.83. The van der Waals surface area contributed by atoms with E-state index in [9.17, 15) is 22.4 Å². The van der Waals surface area contributed by atoms with Crippen LogP contribution < -0.4 is 0 Å². The summed E-state index contributed by atoms with van der Waals surface area (Å²) in [6.07, 6.45) is 0.395. The summed E-state index contributed by atoms with van der Waals surface area (Å²) in [4.78, 5) is 27.5. The Labute approximate surface area is 185 Å². The number of carbonyl (C=O) groups excluding carboxylic acids is 2. The van der Waals surface area contributed by atoms with E-state index in [1.54, 1.807) is 30.9 Å². The first-order valence-corrected chi connectivity index (χ1v) is 12.2. The lowest BCUT2D eigenvalue weighted by atomic mass is 10.0. The van der Waals surface area contributed by atoms with Crippen molar-refractivity contribution in [2.75, 3.05) is 26.7 Å². The third-order valence-electron chi connectivity index (χ3n) is 5.29. The number of benzene rings is 1. The fraction of sp³-hybridized carbons (Fsp3) is 0.429. The molecule has 1 aliphatic rings. The molecule has 2 heterocycles. The summed E-state index contributed by atoms with van der Waals surface area (Å²) in [5.74, 6) is -1.28. The lowest BCUT2D eigenvalue weighted by Gasteiger charge is -2.27. The van der Waals surface area contributed by atoms with Crippen LogP contribution in [0.25, 0.3) is 0 Å². The first-order chi connectivity index (χ1) is 14.7. The van der Waals surface area contributed by atoms with E-state index in [0.29, 0.717) is 29.0 Å². The van der Waals surface area contributed by atoms with Crippen molar-refractivity contribution >= 4 is 33.2 Å². The first-order valence-electron chi connectivity index (χ1n) is 9.98. The summed E-state index contributed by atoms with van der Waals surface area (Å²) in [5, 5.41) is 0. The average Bonchev–Trinajstić information content (AvgIpc) is 3.13. The van der Waals surface area contributed by atoms with Gasteiger partial charge in [-0.15, -0.1) is 11.3 Å². The lowest BCUT2D eigenvalue weighted by Crippen LogP contribution is -2.36. The minimum absolute atomic E-state index is 0.0347. The monoisotopic (exact) mass is 468 g/mol. The van der Waals surface area contributed by atoms with Crippen molar-refractivity contribution in [1.29, 1.82) is 0 Å². The molecule has 1 aromatic heterocycles. The van der Waals surface area contributed by atoms with E-state index in [1.807, 2.05) is 0 Å². The van der Waals surface area contributed by atoms with Crippen LogP contribution in [-0.4, -0.2) is 56.2 Å². The molecule has 1 aromatic carbocycles. The highest BCUT2D eigenvalue weighted by Gasteiger charge is 2.36. The minimum Gasteiger partial charge on any atom is -0.465 e. The third-order valence-corrected chi connectivity index (χ3v) is 9.05. The van der Waals surface area contributed by atoms with Gasteiger partial charge in [-0.05, 0) is 29.7 Å². The zero-order valence-electron chi connectivity index (χ0n) is 17.7. The van der Waals surface area contributed by atoms with Gasteiger partial charge in [0.05, 0.1) is 25.6 Å². The zero-order chi connectivity index (χ0) is 22.8. The van der Waals surface area contributed by atoms with Crippen LogP contribution in [0.15, 0.2) is 28.5 Å². The molecule has 0 aliphatic carbocycles. The van der Waals surface area contributed by atoms with Gasteiger partial charge in [0.1, 0.15) is 10.0 Å². The van der Waals surface area contributed by atoms with Crippen LogP contribution >= 0.6 is 11.3 Å². The summed E-state index contributed by atoms with van der Waals surface area (Å²) >= 11 is 1.02. The molecule has 0 saturated heterocycles. The van der Waals surface area contributed by atoms with Gasteiger partial charge in [0.15, 0.2) is 0 Å². The van der Waals surface area contributed by atoms with Gasteiger partial charge in [-0.25, -0.2) is 17.6 Å². The van der Waals surface area contributed by atoms with Gasteiger partial charge in [0.25, 0.3) is 10.0 Å². The van der Waals surface area contributed by atoms with Crippen molar-refractivity contribution in [2.24, 2.45) is 0 Å². The second-order valence-corrected chi connectivity index (χ2v) is 10.4. The van der Waals surface area contributed by atoms with Crippen molar-refractivity contribution < 1.29 is 27.1 Å². The fourth-order valence-corrected chi connectivity index (χ4v) is 7.19. The SMILES string of the molecule is CCN(CC)S(=O)(=O)c1sc2c(c1C(=O)OC)CCN(C(=O)Cc1cccc(F)c1)C2. The van der Waals surface area contributed by atoms with Crippen molar-refractivity contribution in [2.45, 2.75) is 37.4 Å². The summed E-state index contributed by atoms with van der Waals surface area (Å²) < 4.78 is 45.9. The van der Waals surface area contributed by atoms with E-state index in [-0.39, 0.29) is 41.7 Å². The number of methoxy groups -OCH3 is 1. The molecule has 1 aliphatic heterocycles. The maximum atomic E-state index is 13.4. The summed E-state index contributed by atoms with van der Waals surface area (Å²) in [6, 6.07) is 5.88.